The zero-order valence-electron chi connectivity index (χ0n) is 16.8. The summed E-state index contributed by atoms with van der Waals surface area (Å²) in [7, 11) is 1.51. The molecule has 0 aliphatic carbocycles. The molecule has 2 heterocycles. The molecular formula is C20H28N4O4S. The number of carbonyl (C=O) groups excluding carboxylic acids is 3. The normalized spacial score (nSPS) is 17.8. The van der Waals surface area contributed by atoms with E-state index in [4.69, 9.17) is 4.74 Å². The number of rotatable bonds is 6. The van der Waals surface area contributed by atoms with Crippen LogP contribution in [0.25, 0.3) is 0 Å². The van der Waals surface area contributed by atoms with Crippen LogP contribution in [0.15, 0.2) is 24.3 Å². The molecule has 0 bridgehead atoms. The molecule has 1 aromatic rings. The third kappa shape index (κ3) is 6.19. The molecule has 0 unspecified atom stereocenters. The van der Waals surface area contributed by atoms with Crippen molar-refractivity contribution in [2.75, 3.05) is 76.4 Å². The van der Waals surface area contributed by atoms with Gasteiger partial charge in [-0.25, -0.2) is 0 Å². The molecule has 2 aliphatic heterocycles. The van der Waals surface area contributed by atoms with E-state index in [1.165, 1.54) is 7.11 Å². The first-order valence-corrected chi connectivity index (χ1v) is 11.0. The molecule has 3 amide bonds. The summed E-state index contributed by atoms with van der Waals surface area (Å²) in [5, 5.41) is 2.89. The molecule has 1 aromatic carbocycles. The maximum atomic E-state index is 12.6. The number of benzene rings is 1. The average molecular weight is 421 g/mol. The van der Waals surface area contributed by atoms with Crippen LogP contribution in [0.1, 0.15) is 10.4 Å². The second kappa shape index (κ2) is 10.6. The third-order valence-corrected chi connectivity index (χ3v) is 5.99. The standard InChI is InChI=1S/C20H28N4O4S/c1-28-15-19(26)23-7-5-22(6-8-23)14-18(25)21-17-4-2-3-16(13-17)20(27)24-9-11-29-12-10-24/h2-4,13H,5-12,14-15H2,1H3,(H,21,25). The van der Waals surface area contributed by atoms with Crippen LogP contribution in [0.3, 0.4) is 0 Å². The van der Waals surface area contributed by atoms with Crippen LogP contribution in [0.5, 0.6) is 0 Å². The quantitative estimate of drug-likeness (QED) is 0.726. The number of nitrogens with zero attached hydrogens (tertiary/aromatic N) is 3. The zero-order chi connectivity index (χ0) is 20.6. The lowest BCUT2D eigenvalue weighted by atomic mass is 10.1. The van der Waals surface area contributed by atoms with Crippen molar-refractivity contribution in [3.8, 4) is 0 Å². The fraction of sp³-hybridized carbons (Fsp3) is 0.550. The van der Waals surface area contributed by atoms with E-state index < -0.39 is 0 Å². The van der Waals surface area contributed by atoms with Crippen molar-refractivity contribution in [2.24, 2.45) is 0 Å². The van der Waals surface area contributed by atoms with Gasteiger partial charge in [0.25, 0.3) is 5.91 Å². The zero-order valence-corrected chi connectivity index (χ0v) is 17.6. The van der Waals surface area contributed by atoms with Gasteiger partial charge in [-0.3, -0.25) is 19.3 Å². The van der Waals surface area contributed by atoms with Crippen molar-refractivity contribution in [1.82, 2.24) is 14.7 Å². The molecule has 2 aliphatic rings. The Morgan fingerprint density at radius 1 is 1.03 bits per heavy atom. The van der Waals surface area contributed by atoms with Crippen LogP contribution in [0.4, 0.5) is 5.69 Å². The highest BCUT2D eigenvalue weighted by Crippen LogP contribution is 2.16. The van der Waals surface area contributed by atoms with Crippen molar-refractivity contribution in [2.45, 2.75) is 0 Å². The highest BCUT2D eigenvalue weighted by molar-refractivity contribution is 7.99. The van der Waals surface area contributed by atoms with Crippen molar-refractivity contribution >= 4 is 35.2 Å². The molecule has 8 nitrogen and oxygen atoms in total. The van der Waals surface area contributed by atoms with E-state index in [2.05, 4.69) is 5.32 Å². The Bertz CT molecular complexity index is 731. The van der Waals surface area contributed by atoms with Gasteiger partial charge < -0.3 is 19.9 Å². The predicted octanol–water partition coefficient (Wildman–Crippen LogP) is 0.605. The summed E-state index contributed by atoms with van der Waals surface area (Å²) in [6.07, 6.45) is 0. The minimum atomic E-state index is -0.124. The number of ether oxygens (including phenoxy) is 1. The van der Waals surface area contributed by atoms with Crippen molar-refractivity contribution in [3.05, 3.63) is 29.8 Å². The first-order valence-electron chi connectivity index (χ1n) is 9.83. The minimum absolute atomic E-state index is 0.0123. The van der Waals surface area contributed by atoms with Crippen LogP contribution in [-0.2, 0) is 14.3 Å². The van der Waals surface area contributed by atoms with Gasteiger partial charge in [0.1, 0.15) is 6.61 Å². The smallest absolute Gasteiger partial charge is 0.253 e. The van der Waals surface area contributed by atoms with Gasteiger partial charge >= 0.3 is 0 Å². The van der Waals surface area contributed by atoms with Gasteiger partial charge in [-0.1, -0.05) is 6.07 Å². The largest absolute Gasteiger partial charge is 0.375 e. The van der Waals surface area contributed by atoms with E-state index in [-0.39, 0.29) is 30.9 Å². The van der Waals surface area contributed by atoms with E-state index in [1.54, 1.807) is 29.2 Å². The second-order valence-electron chi connectivity index (χ2n) is 7.12. The lowest BCUT2D eigenvalue weighted by molar-refractivity contribution is -0.137. The van der Waals surface area contributed by atoms with Gasteiger partial charge in [-0.2, -0.15) is 11.8 Å². The summed E-state index contributed by atoms with van der Waals surface area (Å²) in [5.41, 5.74) is 1.22. The van der Waals surface area contributed by atoms with Crippen molar-refractivity contribution < 1.29 is 19.1 Å². The summed E-state index contributed by atoms with van der Waals surface area (Å²) in [4.78, 5) is 42.6. The van der Waals surface area contributed by atoms with Gasteiger partial charge in [0.05, 0.1) is 6.54 Å². The molecule has 2 saturated heterocycles. The third-order valence-electron chi connectivity index (χ3n) is 5.05. The Balaban J connectivity index is 1.48. The Labute approximate surface area is 175 Å². The lowest BCUT2D eigenvalue weighted by Crippen LogP contribution is -2.51. The second-order valence-corrected chi connectivity index (χ2v) is 8.35. The van der Waals surface area contributed by atoms with Gasteiger partial charge in [0.15, 0.2) is 0 Å². The van der Waals surface area contributed by atoms with Crippen LogP contribution < -0.4 is 5.32 Å². The predicted molar refractivity (Wildman–Crippen MR) is 113 cm³/mol. The maximum absolute atomic E-state index is 12.6. The van der Waals surface area contributed by atoms with E-state index in [0.717, 1.165) is 24.6 Å². The summed E-state index contributed by atoms with van der Waals surface area (Å²) in [5.74, 6) is 1.79. The monoisotopic (exact) mass is 420 g/mol. The number of carbonyl (C=O) groups is 3. The highest BCUT2D eigenvalue weighted by atomic mass is 32.2. The first-order chi connectivity index (χ1) is 14.1. The number of nitrogens with one attached hydrogen (secondary N) is 1. The van der Waals surface area contributed by atoms with E-state index >= 15 is 0 Å². The molecule has 0 saturated carbocycles. The number of hydrogen-bond acceptors (Lipinski definition) is 6. The molecule has 2 fully saturated rings. The van der Waals surface area contributed by atoms with Gasteiger partial charge in [-0.15, -0.1) is 0 Å². The van der Waals surface area contributed by atoms with Crippen LogP contribution in [-0.4, -0.2) is 103 Å². The number of methoxy groups -OCH3 is 1. The minimum Gasteiger partial charge on any atom is -0.375 e. The van der Waals surface area contributed by atoms with Crippen molar-refractivity contribution in [1.29, 1.82) is 0 Å². The fourth-order valence-electron chi connectivity index (χ4n) is 3.45. The van der Waals surface area contributed by atoms with Gasteiger partial charge in [0.2, 0.25) is 11.8 Å². The Kier molecular flexibility index (Phi) is 7.91. The Morgan fingerprint density at radius 2 is 1.76 bits per heavy atom. The molecule has 29 heavy (non-hydrogen) atoms. The number of anilines is 1. The SMILES string of the molecule is COCC(=O)N1CCN(CC(=O)Nc2cccc(C(=O)N3CCSCC3)c2)CC1. The topological polar surface area (TPSA) is 82.2 Å². The number of piperazine rings is 1. The van der Waals surface area contributed by atoms with Crippen molar-refractivity contribution in [3.63, 3.8) is 0 Å². The molecule has 0 spiro atoms. The summed E-state index contributed by atoms with van der Waals surface area (Å²) < 4.78 is 4.88. The molecule has 1 N–H and O–H groups in total. The molecule has 3 rings (SSSR count). The first kappa shape index (κ1) is 21.6. The molecule has 0 aromatic heterocycles. The molecule has 9 heteroatoms. The van der Waals surface area contributed by atoms with E-state index in [0.29, 0.717) is 37.4 Å². The van der Waals surface area contributed by atoms with Gasteiger partial charge in [-0.05, 0) is 18.2 Å². The molecular weight excluding hydrogens is 392 g/mol. The van der Waals surface area contributed by atoms with Crippen LogP contribution in [0.2, 0.25) is 0 Å². The van der Waals surface area contributed by atoms with E-state index in [9.17, 15) is 14.4 Å². The van der Waals surface area contributed by atoms with Crippen LogP contribution in [0, 0.1) is 0 Å². The average Bonchev–Trinajstić information content (AvgIpc) is 2.74. The summed E-state index contributed by atoms with van der Waals surface area (Å²) >= 11 is 1.86. The Morgan fingerprint density at radius 3 is 2.45 bits per heavy atom. The molecule has 0 radical (unpaired) electrons. The Hall–Kier alpha value is -2.10. The fourth-order valence-corrected chi connectivity index (χ4v) is 4.36. The van der Waals surface area contributed by atoms with Gasteiger partial charge in [0, 0.05) is 69.1 Å². The number of hydrogen-bond donors (Lipinski definition) is 1. The van der Waals surface area contributed by atoms with E-state index in [1.807, 2.05) is 21.6 Å². The molecule has 158 valence electrons. The summed E-state index contributed by atoms with van der Waals surface area (Å²) in [6.45, 7) is 4.35. The van der Waals surface area contributed by atoms with Crippen LogP contribution >= 0.6 is 11.8 Å². The number of amides is 3. The molecule has 0 atom stereocenters. The summed E-state index contributed by atoms with van der Waals surface area (Å²) in [6, 6.07) is 7.11. The maximum Gasteiger partial charge on any atom is 0.253 e. The lowest BCUT2D eigenvalue weighted by Gasteiger charge is -2.34. The highest BCUT2D eigenvalue weighted by Gasteiger charge is 2.22. The number of thioether (sulfide) groups is 1.